The van der Waals surface area contributed by atoms with Gasteiger partial charge in [0.1, 0.15) is 0 Å². The van der Waals surface area contributed by atoms with E-state index in [1.165, 1.54) is 0 Å². The van der Waals surface area contributed by atoms with Crippen LogP contribution in [0.15, 0.2) is 43.0 Å². The number of nitrogens with one attached hydrogen (secondary N) is 2. The molecule has 0 spiro atoms. The number of hydrogen-bond donors (Lipinski definition) is 3. The van der Waals surface area contributed by atoms with Crippen molar-refractivity contribution in [2.75, 3.05) is 6.61 Å². The lowest BCUT2D eigenvalue weighted by Crippen LogP contribution is -2.43. The van der Waals surface area contributed by atoms with Crippen molar-refractivity contribution in [3.63, 3.8) is 0 Å². The third kappa shape index (κ3) is 4.33. The first kappa shape index (κ1) is 16.0. The molecule has 1 aromatic carbocycles. The molecule has 2 unspecified atom stereocenters. The van der Waals surface area contributed by atoms with Crippen molar-refractivity contribution in [3.8, 4) is 5.69 Å². The van der Waals surface area contributed by atoms with Gasteiger partial charge in [-0.3, -0.25) is 0 Å². The van der Waals surface area contributed by atoms with E-state index in [4.69, 9.17) is 5.11 Å². The zero-order valence-corrected chi connectivity index (χ0v) is 12.9. The number of imidazole rings is 1. The Morgan fingerprint density at radius 2 is 2.05 bits per heavy atom. The molecule has 6 nitrogen and oxygen atoms in total. The molecule has 0 radical (unpaired) electrons. The number of benzene rings is 1. The zero-order valence-electron chi connectivity index (χ0n) is 12.9. The van der Waals surface area contributed by atoms with Gasteiger partial charge in [0.15, 0.2) is 0 Å². The Bertz CT molecular complexity index is 581. The first-order valence-electron chi connectivity index (χ1n) is 7.32. The standard InChI is InChI=1S/C16H22N4O2/c1-12(10-21)13(2)19-16(22)18-9-14-3-5-15(6-4-14)20-8-7-17-11-20/h3-8,11-13,21H,9-10H2,1-2H3,(H2,18,19,22). The van der Waals surface area contributed by atoms with Gasteiger partial charge in [0.05, 0.1) is 6.33 Å². The molecule has 1 aromatic heterocycles. The maximum Gasteiger partial charge on any atom is 0.315 e. The molecule has 6 heteroatoms. The van der Waals surface area contributed by atoms with E-state index in [1.54, 1.807) is 12.5 Å². The number of aromatic nitrogens is 2. The molecule has 2 atom stereocenters. The van der Waals surface area contributed by atoms with Gasteiger partial charge < -0.3 is 20.3 Å². The van der Waals surface area contributed by atoms with E-state index in [1.807, 2.05) is 48.9 Å². The molecule has 118 valence electrons. The fourth-order valence-electron chi connectivity index (χ4n) is 1.94. The van der Waals surface area contributed by atoms with Crippen LogP contribution in [0.4, 0.5) is 4.79 Å². The van der Waals surface area contributed by atoms with E-state index in [-0.39, 0.29) is 24.6 Å². The van der Waals surface area contributed by atoms with E-state index in [0.29, 0.717) is 6.54 Å². The SMILES string of the molecule is CC(CO)C(C)NC(=O)NCc1ccc(-n2ccnc2)cc1. The Hall–Kier alpha value is -2.34. The lowest BCUT2D eigenvalue weighted by molar-refractivity contribution is 0.200. The summed E-state index contributed by atoms with van der Waals surface area (Å²) < 4.78 is 1.92. The summed E-state index contributed by atoms with van der Waals surface area (Å²) in [5, 5.41) is 14.7. The lowest BCUT2D eigenvalue weighted by Gasteiger charge is -2.19. The number of amides is 2. The Balaban J connectivity index is 1.83. The van der Waals surface area contributed by atoms with Gasteiger partial charge in [-0.05, 0) is 30.5 Å². The molecule has 0 aliphatic heterocycles. The third-order valence-corrected chi connectivity index (χ3v) is 3.69. The Labute approximate surface area is 130 Å². The van der Waals surface area contributed by atoms with Crippen molar-refractivity contribution in [2.45, 2.75) is 26.4 Å². The smallest absolute Gasteiger partial charge is 0.315 e. The van der Waals surface area contributed by atoms with Gasteiger partial charge in [0, 0.05) is 37.3 Å². The summed E-state index contributed by atoms with van der Waals surface area (Å²) in [6.07, 6.45) is 5.35. The van der Waals surface area contributed by atoms with E-state index in [9.17, 15) is 4.79 Å². The van der Waals surface area contributed by atoms with E-state index in [2.05, 4.69) is 15.6 Å². The normalized spacial score (nSPS) is 13.4. The molecule has 0 aliphatic carbocycles. The van der Waals surface area contributed by atoms with Crippen molar-refractivity contribution >= 4 is 6.03 Å². The maximum absolute atomic E-state index is 11.8. The number of urea groups is 1. The van der Waals surface area contributed by atoms with E-state index >= 15 is 0 Å². The van der Waals surface area contributed by atoms with Gasteiger partial charge in [0.25, 0.3) is 0 Å². The van der Waals surface area contributed by atoms with E-state index < -0.39 is 0 Å². The minimum atomic E-state index is -0.230. The highest BCUT2D eigenvalue weighted by Crippen LogP contribution is 2.09. The highest BCUT2D eigenvalue weighted by Gasteiger charge is 2.13. The van der Waals surface area contributed by atoms with Crippen LogP contribution in [0, 0.1) is 5.92 Å². The first-order chi connectivity index (χ1) is 10.6. The summed E-state index contributed by atoms with van der Waals surface area (Å²) in [6, 6.07) is 7.59. The van der Waals surface area contributed by atoms with Crippen LogP contribution in [-0.4, -0.2) is 33.3 Å². The summed E-state index contributed by atoms with van der Waals surface area (Å²) in [5.74, 6) is 0.0280. The molecular formula is C16H22N4O2. The third-order valence-electron chi connectivity index (χ3n) is 3.69. The topological polar surface area (TPSA) is 79.2 Å². The number of carbonyl (C=O) groups is 1. The van der Waals surface area contributed by atoms with Crippen LogP contribution in [0.3, 0.4) is 0 Å². The number of aliphatic hydroxyl groups excluding tert-OH is 1. The van der Waals surface area contributed by atoms with Gasteiger partial charge in [-0.15, -0.1) is 0 Å². The van der Waals surface area contributed by atoms with Crippen LogP contribution in [0.2, 0.25) is 0 Å². The minimum absolute atomic E-state index is 0.0280. The van der Waals surface area contributed by atoms with Gasteiger partial charge in [-0.1, -0.05) is 19.1 Å². The van der Waals surface area contributed by atoms with Crippen LogP contribution in [-0.2, 0) is 6.54 Å². The second kappa shape index (κ2) is 7.61. The molecular weight excluding hydrogens is 280 g/mol. The van der Waals surface area contributed by atoms with Crippen molar-refractivity contribution in [1.82, 2.24) is 20.2 Å². The largest absolute Gasteiger partial charge is 0.396 e. The van der Waals surface area contributed by atoms with E-state index in [0.717, 1.165) is 11.3 Å². The predicted molar refractivity (Wildman–Crippen MR) is 84.6 cm³/mol. The van der Waals surface area contributed by atoms with Crippen molar-refractivity contribution in [1.29, 1.82) is 0 Å². The average molecular weight is 302 g/mol. The first-order valence-corrected chi connectivity index (χ1v) is 7.32. The molecule has 2 aromatic rings. The Morgan fingerprint density at radius 1 is 1.32 bits per heavy atom. The molecule has 0 saturated carbocycles. The number of carbonyl (C=O) groups excluding carboxylic acids is 1. The molecule has 1 heterocycles. The number of aliphatic hydroxyl groups is 1. The van der Waals surface area contributed by atoms with Gasteiger partial charge in [0.2, 0.25) is 0 Å². The quantitative estimate of drug-likeness (QED) is 0.759. The lowest BCUT2D eigenvalue weighted by atomic mass is 10.1. The summed E-state index contributed by atoms with van der Waals surface area (Å²) >= 11 is 0. The Kier molecular flexibility index (Phi) is 5.55. The van der Waals surface area contributed by atoms with Crippen LogP contribution in [0.25, 0.3) is 5.69 Å². The monoisotopic (exact) mass is 302 g/mol. The molecule has 0 saturated heterocycles. The molecule has 0 fully saturated rings. The van der Waals surface area contributed by atoms with Gasteiger partial charge >= 0.3 is 6.03 Å². The molecule has 2 rings (SSSR count). The fraction of sp³-hybridized carbons (Fsp3) is 0.375. The average Bonchev–Trinajstić information content (AvgIpc) is 3.07. The van der Waals surface area contributed by atoms with Crippen molar-refractivity contribution in [3.05, 3.63) is 48.5 Å². The zero-order chi connectivity index (χ0) is 15.9. The van der Waals surface area contributed by atoms with Gasteiger partial charge in [-0.25, -0.2) is 9.78 Å². The molecule has 0 bridgehead atoms. The predicted octanol–water partition coefficient (Wildman–Crippen LogP) is 1.69. The molecule has 22 heavy (non-hydrogen) atoms. The molecule has 3 N–H and O–H groups in total. The van der Waals surface area contributed by atoms with Crippen molar-refractivity contribution < 1.29 is 9.90 Å². The number of hydrogen-bond acceptors (Lipinski definition) is 3. The maximum atomic E-state index is 11.8. The summed E-state index contributed by atoms with van der Waals surface area (Å²) in [6.45, 7) is 4.27. The highest BCUT2D eigenvalue weighted by atomic mass is 16.3. The second-order valence-electron chi connectivity index (χ2n) is 5.41. The summed E-state index contributed by atoms with van der Waals surface area (Å²) in [7, 11) is 0. The molecule has 0 aliphatic rings. The number of rotatable bonds is 6. The van der Waals surface area contributed by atoms with Crippen molar-refractivity contribution in [2.24, 2.45) is 5.92 Å². The Morgan fingerprint density at radius 3 is 2.64 bits per heavy atom. The van der Waals surface area contributed by atoms with Crippen LogP contribution < -0.4 is 10.6 Å². The minimum Gasteiger partial charge on any atom is -0.396 e. The van der Waals surface area contributed by atoms with Crippen LogP contribution in [0.5, 0.6) is 0 Å². The van der Waals surface area contributed by atoms with Gasteiger partial charge in [-0.2, -0.15) is 0 Å². The fourth-order valence-corrected chi connectivity index (χ4v) is 1.94. The summed E-state index contributed by atoms with van der Waals surface area (Å²) in [5.41, 5.74) is 2.04. The molecule has 2 amide bonds. The highest BCUT2D eigenvalue weighted by molar-refractivity contribution is 5.74. The second-order valence-corrected chi connectivity index (χ2v) is 5.41. The van der Waals surface area contributed by atoms with Crippen LogP contribution >= 0.6 is 0 Å². The summed E-state index contributed by atoms with van der Waals surface area (Å²) in [4.78, 5) is 15.8. The number of nitrogens with zero attached hydrogens (tertiary/aromatic N) is 2. The van der Waals surface area contributed by atoms with Crippen LogP contribution in [0.1, 0.15) is 19.4 Å².